The molecule has 150 valence electrons. The maximum atomic E-state index is 13.3. The van der Waals surface area contributed by atoms with Crippen molar-refractivity contribution in [2.45, 2.75) is 23.1 Å². The zero-order valence-electron chi connectivity index (χ0n) is 15.7. The van der Waals surface area contributed by atoms with Gasteiger partial charge >= 0.3 is 0 Å². The fourth-order valence-electron chi connectivity index (χ4n) is 3.99. The molecule has 1 atom stereocenters. The van der Waals surface area contributed by atoms with Crippen molar-refractivity contribution in [2.24, 2.45) is 0 Å². The van der Waals surface area contributed by atoms with Crippen molar-refractivity contribution in [2.75, 3.05) is 39.3 Å². The second-order valence-corrected chi connectivity index (χ2v) is 10.3. The Labute approximate surface area is 170 Å². The summed E-state index contributed by atoms with van der Waals surface area (Å²) in [5, 5.41) is 1.78. The minimum absolute atomic E-state index is 0.137. The molecule has 0 N–H and O–H groups in total. The van der Waals surface area contributed by atoms with Crippen LogP contribution in [0.4, 0.5) is 0 Å². The van der Waals surface area contributed by atoms with E-state index in [2.05, 4.69) is 4.90 Å². The molecule has 0 bridgehead atoms. The van der Waals surface area contributed by atoms with Gasteiger partial charge in [-0.05, 0) is 29.9 Å². The Bertz CT molecular complexity index is 886. The third-order valence-electron chi connectivity index (χ3n) is 5.49. The molecule has 2 aliphatic heterocycles. The van der Waals surface area contributed by atoms with E-state index >= 15 is 0 Å². The Morgan fingerprint density at radius 2 is 1.57 bits per heavy atom. The van der Waals surface area contributed by atoms with Crippen molar-refractivity contribution < 1.29 is 13.2 Å². The van der Waals surface area contributed by atoms with Crippen LogP contribution >= 0.6 is 11.3 Å². The lowest BCUT2D eigenvalue weighted by Gasteiger charge is -2.39. The van der Waals surface area contributed by atoms with Crippen molar-refractivity contribution in [3.05, 3.63) is 53.4 Å². The molecule has 3 heterocycles. The van der Waals surface area contributed by atoms with Crippen LogP contribution in [0.3, 0.4) is 0 Å². The number of rotatable bonds is 5. The zero-order valence-corrected chi connectivity index (χ0v) is 17.4. The molecule has 2 saturated heterocycles. The first kappa shape index (κ1) is 19.6. The molecule has 2 aliphatic rings. The molecule has 8 heteroatoms. The summed E-state index contributed by atoms with van der Waals surface area (Å²) in [5.41, 5.74) is 0.981. The molecule has 2 fully saturated rings. The minimum atomic E-state index is -3.44. The Morgan fingerprint density at radius 3 is 2.18 bits per heavy atom. The van der Waals surface area contributed by atoms with Crippen LogP contribution in [-0.4, -0.2) is 67.7 Å². The molecular formula is C20H25N3O3S2. The van der Waals surface area contributed by atoms with Crippen molar-refractivity contribution in [1.82, 2.24) is 14.1 Å². The van der Waals surface area contributed by atoms with Crippen LogP contribution in [0, 0.1) is 0 Å². The SMILES string of the molecule is O=C([C@H](c1ccccc1)N1CCN(S(=O)(=O)c2cccs2)CC1)N1CCCC1. The molecule has 6 nitrogen and oxygen atoms in total. The van der Waals surface area contributed by atoms with Gasteiger partial charge in [0.05, 0.1) is 0 Å². The quantitative estimate of drug-likeness (QED) is 0.747. The van der Waals surface area contributed by atoms with E-state index in [1.54, 1.807) is 17.5 Å². The largest absolute Gasteiger partial charge is 0.341 e. The number of carbonyl (C=O) groups excluding carboxylic acids is 1. The van der Waals surface area contributed by atoms with Gasteiger partial charge in [0.15, 0.2) is 0 Å². The highest BCUT2D eigenvalue weighted by molar-refractivity contribution is 7.91. The van der Waals surface area contributed by atoms with Crippen molar-refractivity contribution in [3.63, 3.8) is 0 Å². The van der Waals surface area contributed by atoms with E-state index in [0.29, 0.717) is 30.4 Å². The number of likely N-dealkylation sites (tertiary alicyclic amines) is 1. The fraction of sp³-hybridized carbons (Fsp3) is 0.450. The summed E-state index contributed by atoms with van der Waals surface area (Å²) in [6.45, 7) is 3.52. The zero-order chi connectivity index (χ0) is 19.6. The van der Waals surface area contributed by atoms with Crippen LogP contribution in [0.1, 0.15) is 24.4 Å². The van der Waals surface area contributed by atoms with Crippen molar-refractivity contribution >= 4 is 27.3 Å². The smallest absolute Gasteiger partial charge is 0.252 e. The first-order chi connectivity index (χ1) is 13.6. The van der Waals surface area contributed by atoms with Crippen LogP contribution in [0.5, 0.6) is 0 Å². The van der Waals surface area contributed by atoms with Gasteiger partial charge in [-0.1, -0.05) is 36.4 Å². The lowest BCUT2D eigenvalue weighted by Crippen LogP contribution is -2.52. The molecule has 0 spiro atoms. The number of carbonyl (C=O) groups is 1. The molecule has 0 aliphatic carbocycles. The van der Waals surface area contributed by atoms with E-state index in [-0.39, 0.29) is 11.9 Å². The normalized spacial score (nSPS) is 20.4. The van der Waals surface area contributed by atoms with E-state index in [1.165, 1.54) is 15.6 Å². The van der Waals surface area contributed by atoms with Crippen LogP contribution < -0.4 is 0 Å². The number of benzene rings is 1. The van der Waals surface area contributed by atoms with Crippen LogP contribution in [0.25, 0.3) is 0 Å². The molecule has 0 saturated carbocycles. The van der Waals surface area contributed by atoms with Gasteiger partial charge in [0.2, 0.25) is 5.91 Å². The second-order valence-electron chi connectivity index (χ2n) is 7.22. The highest BCUT2D eigenvalue weighted by Gasteiger charge is 2.36. The van der Waals surface area contributed by atoms with Crippen LogP contribution in [-0.2, 0) is 14.8 Å². The third kappa shape index (κ3) is 3.87. The topological polar surface area (TPSA) is 60.9 Å². The number of hydrogen-bond acceptors (Lipinski definition) is 5. The Kier molecular flexibility index (Phi) is 5.82. The standard InChI is InChI=1S/C20H25N3O3S2/c24-20(22-10-4-5-11-22)19(17-7-2-1-3-8-17)21-12-14-23(15-13-21)28(25,26)18-9-6-16-27-18/h1-3,6-9,16,19H,4-5,10-15H2/t19-/m0/s1. The number of piperazine rings is 1. The number of amides is 1. The average Bonchev–Trinajstić information content (AvgIpc) is 3.44. The maximum absolute atomic E-state index is 13.3. The van der Waals surface area contributed by atoms with Gasteiger partial charge in [-0.2, -0.15) is 4.31 Å². The third-order valence-corrected chi connectivity index (χ3v) is 8.77. The molecule has 1 amide bonds. The molecule has 1 aromatic heterocycles. The molecule has 28 heavy (non-hydrogen) atoms. The molecule has 1 aromatic carbocycles. The monoisotopic (exact) mass is 419 g/mol. The Morgan fingerprint density at radius 1 is 0.893 bits per heavy atom. The highest BCUT2D eigenvalue weighted by Crippen LogP contribution is 2.28. The number of hydrogen-bond donors (Lipinski definition) is 0. The summed E-state index contributed by atoms with van der Waals surface area (Å²) in [7, 11) is -3.44. The van der Waals surface area contributed by atoms with E-state index in [4.69, 9.17) is 0 Å². The highest BCUT2D eigenvalue weighted by atomic mass is 32.2. The summed E-state index contributed by atoms with van der Waals surface area (Å²) in [6.07, 6.45) is 2.11. The number of thiophene rings is 1. The van der Waals surface area contributed by atoms with E-state index in [9.17, 15) is 13.2 Å². The van der Waals surface area contributed by atoms with Crippen LogP contribution in [0.15, 0.2) is 52.1 Å². The Hall–Kier alpha value is -1.74. The Balaban J connectivity index is 1.52. The summed E-state index contributed by atoms with van der Waals surface area (Å²) in [4.78, 5) is 17.4. The predicted octanol–water partition coefficient (Wildman–Crippen LogP) is 2.42. The van der Waals surface area contributed by atoms with Gasteiger partial charge < -0.3 is 4.90 Å². The molecular weight excluding hydrogens is 394 g/mol. The first-order valence-electron chi connectivity index (χ1n) is 9.69. The van der Waals surface area contributed by atoms with Gasteiger partial charge in [0.1, 0.15) is 10.3 Å². The number of sulfonamides is 1. The van der Waals surface area contributed by atoms with Gasteiger partial charge in [0, 0.05) is 39.3 Å². The summed E-state index contributed by atoms with van der Waals surface area (Å²) in [6, 6.07) is 12.9. The van der Waals surface area contributed by atoms with E-state index in [1.807, 2.05) is 35.2 Å². The minimum Gasteiger partial charge on any atom is -0.341 e. The molecule has 4 rings (SSSR count). The maximum Gasteiger partial charge on any atom is 0.252 e. The predicted molar refractivity (Wildman–Crippen MR) is 110 cm³/mol. The second kappa shape index (κ2) is 8.32. The van der Waals surface area contributed by atoms with Crippen molar-refractivity contribution in [3.8, 4) is 0 Å². The van der Waals surface area contributed by atoms with Crippen molar-refractivity contribution in [1.29, 1.82) is 0 Å². The summed E-state index contributed by atoms with van der Waals surface area (Å²) < 4.78 is 27.5. The fourth-order valence-corrected chi connectivity index (χ4v) is 6.56. The molecule has 2 aromatic rings. The summed E-state index contributed by atoms with van der Waals surface area (Å²) in [5.74, 6) is 0.137. The molecule has 0 radical (unpaired) electrons. The lowest BCUT2D eigenvalue weighted by atomic mass is 10.0. The van der Waals surface area contributed by atoms with Gasteiger partial charge in [-0.15, -0.1) is 11.3 Å². The van der Waals surface area contributed by atoms with Crippen LogP contribution in [0.2, 0.25) is 0 Å². The van der Waals surface area contributed by atoms with Gasteiger partial charge in [0.25, 0.3) is 10.0 Å². The lowest BCUT2D eigenvalue weighted by molar-refractivity contribution is -0.136. The first-order valence-corrected chi connectivity index (χ1v) is 12.0. The van der Waals surface area contributed by atoms with Gasteiger partial charge in [-0.3, -0.25) is 9.69 Å². The van der Waals surface area contributed by atoms with E-state index in [0.717, 1.165) is 31.5 Å². The average molecular weight is 420 g/mol. The summed E-state index contributed by atoms with van der Waals surface area (Å²) >= 11 is 1.25. The number of nitrogens with zero attached hydrogens (tertiary/aromatic N) is 3. The van der Waals surface area contributed by atoms with Gasteiger partial charge in [-0.25, -0.2) is 8.42 Å². The molecule has 0 unspecified atom stereocenters. The van der Waals surface area contributed by atoms with E-state index < -0.39 is 10.0 Å².